The van der Waals surface area contributed by atoms with Crippen LogP contribution in [0.4, 0.5) is 4.39 Å². The smallest absolute Gasteiger partial charge is 0.335 e. The zero-order valence-electron chi connectivity index (χ0n) is 15.4. The van der Waals surface area contributed by atoms with Crippen molar-refractivity contribution < 1.29 is 19.0 Å². The molecule has 7 heteroatoms. The first-order chi connectivity index (χ1) is 14.0. The number of aromatic carboxylic acids is 1. The van der Waals surface area contributed by atoms with E-state index in [0.717, 1.165) is 5.69 Å². The Morgan fingerprint density at radius 2 is 1.83 bits per heavy atom. The zero-order chi connectivity index (χ0) is 20.4. The van der Waals surface area contributed by atoms with E-state index in [1.807, 2.05) is 0 Å². The van der Waals surface area contributed by atoms with E-state index in [-0.39, 0.29) is 11.4 Å². The molecule has 0 aliphatic carbocycles. The molecule has 0 saturated carbocycles. The van der Waals surface area contributed by atoms with E-state index in [9.17, 15) is 9.18 Å². The number of halogens is 1. The van der Waals surface area contributed by atoms with Gasteiger partial charge in [0.15, 0.2) is 0 Å². The van der Waals surface area contributed by atoms with Gasteiger partial charge in [0.1, 0.15) is 17.3 Å². The Morgan fingerprint density at radius 1 is 1.03 bits per heavy atom. The Labute approximate surface area is 165 Å². The molecule has 0 atom stereocenters. The Kier molecular flexibility index (Phi) is 4.78. The van der Waals surface area contributed by atoms with Gasteiger partial charge < -0.3 is 9.84 Å². The quantitative estimate of drug-likeness (QED) is 0.546. The van der Waals surface area contributed by atoms with Crippen LogP contribution in [0.1, 0.15) is 10.4 Å². The summed E-state index contributed by atoms with van der Waals surface area (Å²) in [7, 11) is 1.54. The molecule has 0 aliphatic rings. The van der Waals surface area contributed by atoms with Crippen molar-refractivity contribution in [2.75, 3.05) is 7.11 Å². The number of methoxy groups -OCH3 is 1. The normalized spacial score (nSPS) is 10.7. The van der Waals surface area contributed by atoms with Gasteiger partial charge in [-0.05, 0) is 48.0 Å². The van der Waals surface area contributed by atoms with E-state index in [0.29, 0.717) is 28.1 Å². The third-order valence-electron chi connectivity index (χ3n) is 4.52. The molecule has 144 valence electrons. The second kappa shape index (κ2) is 7.55. The molecule has 0 saturated heterocycles. The van der Waals surface area contributed by atoms with E-state index in [2.05, 4.69) is 10.3 Å². The number of benzene rings is 3. The molecule has 0 radical (unpaired) electrons. The molecule has 0 aliphatic heterocycles. The highest BCUT2D eigenvalue weighted by atomic mass is 19.1. The minimum absolute atomic E-state index is 0.182. The summed E-state index contributed by atoms with van der Waals surface area (Å²) in [5.41, 5.74) is 3.29. The molecule has 1 heterocycles. The third kappa shape index (κ3) is 3.70. The summed E-state index contributed by atoms with van der Waals surface area (Å²) in [5, 5.41) is 17.4. The maximum atomic E-state index is 14.2. The van der Waals surface area contributed by atoms with Crippen LogP contribution in [0.2, 0.25) is 0 Å². The Bertz CT molecular complexity index is 1190. The van der Waals surface area contributed by atoms with Crippen LogP contribution in [-0.2, 0) is 0 Å². The zero-order valence-corrected chi connectivity index (χ0v) is 15.4. The van der Waals surface area contributed by atoms with Gasteiger partial charge in [-0.3, -0.25) is 0 Å². The Hall–Kier alpha value is -4.00. The average molecular weight is 389 g/mol. The molecular formula is C22H16FN3O3. The number of carboxylic acids is 1. The van der Waals surface area contributed by atoms with E-state index < -0.39 is 5.97 Å². The number of ether oxygens (including phenoxy) is 1. The number of hydrogen-bond donors (Lipinski definition) is 1. The molecule has 0 fully saturated rings. The van der Waals surface area contributed by atoms with E-state index in [1.165, 1.54) is 19.2 Å². The van der Waals surface area contributed by atoms with Crippen molar-refractivity contribution in [3.05, 3.63) is 84.3 Å². The predicted octanol–water partition coefficient (Wildman–Crippen LogP) is 4.45. The number of carbonyl (C=O) groups is 1. The largest absolute Gasteiger partial charge is 0.497 e. The first-order valence-corrected chi connectivity index (χ1v) is 8.75. The third-order valence-corrected chi connectivity index (χ3v) is 4.52. The highest BCUT2D eigenvalue weighted by Crippen LogP contribution is 2.28. The summed E-state index contributed by atoms with van der Waals surface area (Å²) in [6.07, 6.45) is 1.71. The summed E-state index contributed by atoms with van der Waals surface area (Å²) < 4.78 is 20.9. The molecule has 4 aromatic rings. The van der Waals surface area contributed by atoms with Crippen LogP contribution in [0, 0.1) is 5.82 Å². The lowest BCUT2D eigenvalue weighted by Gasteiger charge is -2.07. The van der Waals surface area contributed by atoms with Crippen molar-refractivity contribution in [2.24, 2.45) is 0 Å². The summed E-state index contributed by atoms with van der Waals surface area (Å²) in [4.78, 5) is 11.1. The number of rotatable bonds is 5. The van der Waals surface area contributed by atoms with Gasteiger partial charge in [0.2, 0.25) is 0 Å². The highest BCUT2D eigenvalue weighted by Gasteiger charge is 2.10. The first kappa shape index (κ1) is 18.4. The Balaban J connectivity index is 1.63. The van der Waals surface area contributed by atoms with Gasteiger partial charge in [-0.25, -0.2) is 13.9 Å². The van der Waals surface area contributed by atoms with Gasteiger partial charge in [0, 0.05) is 11.1 Å². The fourth-order valence-electron chi connectivity index (χ4n) is 2.98. The van der Waals surface area contributed by atoms with Crippen molar-refractivity contribution >= 4 is 5.97 Å². The predicted molar refractivity (Wildman–Crippen MR) is 106 cm³/mol. The van der Waals surface area contributed by atoms with Gasteiger partial charge in [0.25, 0.3) is 0 Å². The SMILES string of the molecule is COc1ccc(F)c(-c2ccc(-n3cc(-c4cccc(C(=O)O)c4)nn3)cc2)c1. The average Bonchev–Trinajstić information content (AvgIpc) is 3.25. The molecule has 1 aromatic heterocycles. The number of carboxylic acid groups (broad SMARTS) is 1. The monoisotopic (exact) mass is 389 g/mol. The molecule has 0 spiro atoms. The lowest BCUT2D eigenvalue weighted by atomic mass is 10.0. The number of nitrogens with zero attached hydrogens (tertiary/aromatic N) is 3. The molecule has 0 unspecified atom stereocenters. The van der Waals surface area contributed by atoms with Crippen molar-refractivity contribution in [3.8, 4) is 33.8 Å². The van der Waals surface area contributed by atoms with Crippen molar-refractivity contribution in [1.29, 1.82) is 0 Å². The molecule has 1 N–H and O–H groups in total. The fraction of sp³-hybridized carbons (Fsp3) is 0.0455. The van der Waals surface area contributed by atoms with Crippen LogP contribution in [-0.4, -0.2) is 33.2 Å². The van der Waals surface area contributed by atoms with Crippen LogP contribution in [0.3, 0.4) is 0 Å². The molecule has 29 heavy (non-hydrogen) atoms. The van der Waals surface area contributed by atoms with E-state index in [1.54, 1.807) is 65.5 Å². The summed E-state index contributed by atoms with van der Waals surface area (Å²) in [6, 6.07) is 18.3. The second-order valence-corrected chi connectivity index (χ2v) is 6.33. The van der Waals surface area contributed by atoms with Crippen LogP contribution < -0.4 is 4.74 Å². The Morgan fingerprint density at radius 3 is 2.55 bits per heavy atom. The molecule has 3 aromatic carbocycles. The molecule has 6 nitrogen and oxygen atoms in total. The first-order valence-electron chi connectivity index (χ1n) is 8.75. The molecule has 0 amide bonds. The highest BCUT2D eigenvalue weighted by molar-refractivity contribution is 5.89. The van der Waals surface area contributed by atoms with Gasteiger partial charge in [-0.2, -0.15) is 0 Å². The maximum absolute atomic E-state index is 14.2. The van der Waals surface area contributed by atoms with Gasteiger partial charge >= 0.3 is 5.97 Å². The van der Waals surface area contributed by atoms with Crippen LogP contribution in [0.5, 0.6) is 5.75 Å². The standard InChI is InChI=1S/C22H16FN3O3/c1-29-18-9-10-20(23)19(12-18)14-5-7-17(8-6-14)26-13-21(24-25-26)15-3-2-4-16(11-15)22(27)28/h2-13H,1H3,(H,27,28). The minimum Gasteiger partial charge on any atom is -0.497 e. The van der Waals surface area contributed by atoms with Crippen molar-refractivity contribution in [3.63, 3.8) is 0 Å². The topological polar surface area (TPSA) is 77.2 Å². The lowest BCUT2D eigenvalue weighted by Crippen LogP contribution is -1.95. The van der Waals surface area contributed by atoms with Crippen LogP contribution in [0.25, 0.3) is 28.1 Å². The van der Waals surface area contributed by atoms with Gasteiger partial charge in [-0.1, -0.05) is 29.5 Å². The van der Waals surface area contributed by atoms with Gasteiger partial charge in [0.05, 0.1) is 24.6 Å². The summed E-state index contributed by atoms with van der Waals surface area (Å²) >= 11 is 0. The van der Waals surface area contributed by atoms with Crippen molar-refractivity contribution in [2.45, 2.75) is 0 Å². The minimum atomic E-state index is -1.00. The fourth-order valence-corrected chi connectivity index (χ4v) is 2.98. The molecular weight excluding hydrogens is 373 g/mol. The van der Waals surface area contributed by atoms with Crippen LogP contribution >= 0.6 is 0 Å². The van der Waals surface area contributed by atoms with Crippen molar-refractivity contribution in [1.82, 2.24) is 15.0 Å². The second-order valence-electron chi connectivity index (χ2n) is 6.33. The maximum Gasteiger partial charge on any atom is 0.335 e. The van der Waals surface area contributed by atoms with Crippen LogP contribution in [0.15, 0.2) is 72.9 Å². The van der Waals surface area contributed by atoms with E-state index in [4.69, 9.17) is 9.84 Å². The molecule has 4 rings (SSSR count). The number of hydrogen-bond acceptors (Lipinski definition) is 4. The summed E-state index contributed by atoms with van der Waals surface area (Å²) in [6.45, 7) is 0. The lowest BCUT2D eigenvalue weighted by molar-refractivity contribution is 0.0697. The number of aromatic nitrogens is 3. The molecule has 0 bridgehead atoms. The van der Waals surface area contributed by atoms with E-state index >= 15 is 0 Å². The van der Waals surface area contributed by atoms with Gasteiger partial charge in [-0.15, -0.1) is 5.10 Å². The summed E-state index contributed by atoms with van der Waals surface area (Å²) in [5.74, 6) is -0.755.